The maximum atomic E-state index is 12.2. The molecule has 3 unspecified atom stereocenters. The van der Waals surface area contributed by atoms with Crippen molar-refractivity contribution < 1.29 is 9.59 Å². The number of carbonyl (C=O) groups excluding carboxylic acids is 2. The zero-order chi connectivity index (χ0) is 12.8. The molecule has 1 fully saturated rings. The van der Waals surface area contributed by atoms with E-state index in [4.69, 9.17) is 0 Å². The first-order chi connectivity index (χ1) is 7.84. The smallest absolute Gasteiger partial charge is 0.160 e. The molecule has 0 aromatic rings. The summed E-state index contributed by atoms with van der Waals surface area (Å²) in [5.74, 6) is 0.778. The fraction of sp³-hybridized carbons (Fsp3) is 0.600. The number of Topliss-reactive ketones (excluding diaryl/α,β-unsaturated/α-hetero) is 1. The van der Waals surface area contributed by atoms with Crippen LogP contribution in [0.5, 0.6) is 0 Å². The summed E-state index contributed by atoms with van der Waals surface area (Å²) in [5.41, 5.74) is 1.72. The monoisotopic (exact) mass is 232 g/mol. The highest BCUT2D eigenvalue weighted by Gasteiger charge is 2.47. The number of carbonyl (C=O) groups is 2. The van der Waals surface area contributed by atoms with Crippen LogP contribution in [0.25, 0.3) is 0 Å². The van der Waals surface area contributed by atoms with Crippen molar-refractivity contribution >= 4 is 11.6 Å². The molecule has 0 aromatic heterocycles. The lowest BCUT2D eigenvalue weighted by Gasteiger charge is -2.45. The molecule has 92 valence electrons. The highest BCUT2D eigenvalue weighted by atomic mass is 16.1. The van der Waals surface area contributed by atoms with E-state index in [0.29, 0.717) is 12.8 Å². The molecule has 2 rings (SSSR count). The van der Waals surface area contributed by atoms with Crippen molar-refractivity contribution in [3.63, 3.8) is 0 Å². The van der Waals surface area contributed by atoms with E-state index >= 15 is 0 Å². The standard InChI is InChI=1S/C15H20O2/c1-9(2)11-6-14(17)13-7-12(16)5-10(3)15(13,4)8-11/h7,10-11H,1,5-6,8H2,2-4H3. The molecular formula is C15H20O2. The highest BCUT2D eigenvalue weighted by molar-refractivity contribution is 6.06. The molecule has 1 saturated carbocycles. The second-order valence-electron chi connectivity index (χ2n) is 5.92. The third-order valence-corrected chi connectivity index (χ3v) is 4.62. The first kappa shape index (κ1) is 12.3. The Hall–Kier alpha value is -1.18. The molecule has 0 radical (unpaired) electrons. The maximum absolute atomic E-state index is 12.2. The van der Waals surface area contributed by atoms with Crippen LogP contribution in [0, 0.1) is 17.3 Å². The Bertz CT molecular complexity index is 430. The van der Waals surface area contributed by atoms with E-state index in [1.165, 1.54) is 0 Å². The third-order valence-electron chi connectivity index (χ3n) is 4.62. The van der Waals surface area contributed by atoms with Crippen LogP contribution >= 0.6 is 0 Å². The van der Waals surface area contributed by atoms with Crippen molar-refractivity contribution in [1.29, 1.82) is 0 Å². The molecule has 0 aliphatic heterocycles. The molecule has 0 N–H and O–H groups in total. The van der Waals surface area contributed by atoms with E-state index in [2.05, 4.69) is 20.4 Å². The van der Waals surface area contributed by atoms with E-state index in [1.54, 1.807) is 6.08 Å². The fourth-order valence-corrected chi connectivity index (χ4v) is 3.15. The molecule has 17 heavy (non-hydrogen) atoms. The summed E-state index contributed by atoms with van der Waals surface area (Å²) in [6.07, 6.45) is 3.64. The molecule has 0 bridgehead atoms. The van der Waals surface area contributed by atoms with Crippen molar-refractivity contribution in [2.24, 2.45) is 17.3 Å². The Labute approximate surface area is 103 Å². The minimum atomic E-state index is -0.132. The van der Waals surface area contributed by atoms with E-state index in [0.717, 1.165) is 17.6 Å². The Kier molecular flexibility index (Phi) is 2.84. The number of allylic oxidation sites excluding steroid dienone is 3. The summed E-state index contributed by atoms with van der Waals surface area (Å²) in [6.45, 7) is 10.2. The van der Waals surface area contributed by atoms with Gasteiger partial charge in [-0.25, -0.2) is 0 Å². The fourth-order valence-electron chi connectivity index (χ4n) is 3.15. The van der Waals surface area contributed by atoms with Gasteiger partial charge >= 0.3 is 0 Å². The normalized spacial score (nSPS) is 37.5. The zero-order valence-electron chi connectivity index (χ0n) is 10.9. The summed E-state index contributed by atoms with van der Waals surface area (Å²) in [7, 11) is 0. The molecule has 2 heteroatoms. The number of hydrogen-bond donors (Lipinski definition) is 0. The predicted molar refractivity (Wildman–Crippen MR) is 67.5 cm³/mol. The molecule has 2 aliphatic carbocycles. The maximum Gasteiger partial charge on any atom is 0.160 e. The lowest BCUT2D eigenvalue weighted by Crippen LogP contribution is -2.42. The van der Waals surface area contributed by atoms with Gasteiger partial charge in [0.1, 0.15) is 0 Å². The van der Waals surface area contributed by atoms with E-state index in [9.17, 15) is 9.59 Å². The van der Waals surface area contributed by atoms with Crippen LogP contribution < -0.4 is 0 Å². The lowest BCUT2D eigenvalue weighted by molar-refractivity contribution is -0.124. The molecule has 2 aliphatic rings. The van der Waals surface area contributed by atoms with Crippen LogP contribution in [0.3, 0.4) is 0 Å². The van der Waals surface area contributed by atoms with Gasteiger partial charge in [-0.1, -0.05) is 26.0 Å². The van der Waals surface area contributed by atoms with Gasteiger partial charge < -0.3 is 0 Å². The minimum Gasteiger partial charge on any atom is -0.295 e. The summed E-state index contributed by atoms with van der Waals surface area (Å²) < 4.78 is 0. The molecular weight excluding hydrogens is 212 g/mol. The molecule has 0 spiro atoms. The van der Waals surface area contributed by atoms with Gasteiger partial charge in [0.05, 0.1) is 0 Å². The average Bonchev–Trinajstić information content (AvgIpc) is 2.21. The van der Waals surface area contributed by atoms with Gasteiger partial charge in [0.25, 0.3) is 0 Å². The van der Waals surface area contributed by atoms with Crippen LogP contribution in [0.1, 0.15) is 40.0 Å². The van der Waals surface area contributed by atoms with Crippen molar-refractivity contribution in [2.75, 3.05) is 0 Å². The molecule has 0 heterocycles. The van der Waals surface area contributed by atoms with Gasteiger partial charge in [0.15, 0.2) is 11.6 Å². The topological polar surface area (TPSA) is 34.1 Å². The summed E-state index contributed by atoms with van der Waals surface area (Å²) >= 11 is 0. The summed E-state index contributed by atoms with van der Waals surface area (Å²) in [5, 5.41) is 0. The van der Waals surface area contributed by atoms with E-state index in [1.807, 2.05) is 6.92 Å². The van der Waals surface area contributed by atoms with Crippen LogP contribution in [0.2, 0.25) is 0 Å². The van der Waals surface area contributed by atoms with Gasteiger partial charge in [-0.15, -0.1) is 0 Å². The molecule has 0 saturated heterocycles. The van der Waals surface area contributed by atoms with Gasteiger partial charge in [-0.05, 0) is 36.7 Å². The first-order valence-electron chi connectivity index (χ1n) is 6.28. The van der Waals surface area contributed by atoms with Crippen molar-refractivity contribution in [2.45, 2.75) is 40.0 Å². The molecule has 2 nitrogen and oxygen atoms in total. The predicted octanol–water partition coefficient (Wildman–Crippen LogP) is 3.08. The van der Waals surface area contributed by atoms with Crippen molar-refractivity contribution in [1.82, 2.24) is 0 Å². The van der Waals surface area contributed by atoms with Crippen LogP contribution in [-0.2, 0) is 9.59 Å². The Balaban J connectivity index is 2.42. The van der Waals surface area contributed by atoms with E-state index < -0.39 is 0 Å². The number of ketones is 2. The van der Waals surface area contributed by atoms with Crippen LogP contribution in [-0.4, -0.2) is 11.6 Å². The van der Waals surface area contributed by atoms with Crippen LogP contribution in [0.15, 0.2) is 23.8 Å². The minimum absolute atomic E-state index is 0.104. The third kappa shape index (κ3) is 1.90. The van der Waals surface area contributed by atoms with Crippen molar-refractivity contribution in [3.8, 4) is 0 Å². The van der Waals surface area contributed by atoms with Gasteiger partial charge in [0, 0.05) is 18.4 Å². The van der Waals surface area contributed by atoms with E-state index in [-0.39, 0.29) is 28.8 Å². The molecule has 3 atom stereocenters. The first-order valence-corrected chi connectivity index (χ1v) is 6.28. The Morgan fingerprint density at radius 3 is 2.65 bits per heavy atom. The summed E-state index contributed by atoms with van der Waals surface area (Å²) in [6, 6.07) is 0. The SMILES string of the molecule is C=C(C)C1CC(=O)C2=CC(=O)CC(C)C2(C)C1. The van der Waals surface area contributed by atoms with Crippen LogP contribution in [0.4, 0.5) is 0 Å². The van der Waals surface area contributed by atoms with Crippen molar-refractivity contribution in [3.05, 3.63) is 23.8 Å². The van der Waals surface area contributed by atoms with Gasteiger partial charge in [-0.2, -0.15) is 0 Å². The van der Waals surface area contributed by atoms with Gasteiger partial charge in [-0.3, -0.25) is 9.59 Å². The Morgan fingerprint density at radius 1 is 1.41 bits per heavy atom. The average molecular weight is 232 g/mol. The lowest BCUT2D eigenvalue weighted by atomic mass is 9.57. The largest absolute Gasteiger partial charge is 0.295 e. The highest BCUT2D eigenvalue weighted by Crippen LogP contribution is 2.51. The Morgan fingerprint density at radius 2 is 2.06 bits per heavy atom. The second kappa shape index (κ2) is 3.94. The zero-order valence-corrected chi connectivity index (χ0v) is 10.9. The number of rotatable bonds is 1. The second-order valence-corrected chi connectivity index (χ2v) is 5.92. The summed E-state index contributed by atoms with van der Waals surface area (Å²) in [4.78, 5) is 23.8. The number of hydrogen-bond acceptors (Lipinski definition) is 2. The molecule has 0 aromatic carbocycles. The number of fused-ring (bicyclic) bond motifs is 1. The quantitative estimate of drug-likeness (QED) is 0.651. The van der Waals surface area contributed by atoms with Gasteiger partial charge in [0.2, 0.25) is 0 Å². The molecule has 0 amide bonds.